The van der Waals surface area contributed by atoms with E-state index in [1.54, 1.807) is 6.08 Å². The molecular formula is C11H10N2O3. The molecule has 2 rings (SSSR count). The highest BCUT2D eigenvalue weighted by molar-refractivity contribution is 6.22. The fraction of sp³-hybridized carbons (Fsp3) is 0.273. The van der Waals surface area contributed by atoms with E-state index < -0.39 is 4.92 Å². The van der Waals surface area contributed by atoms with Gasteiger partial charge in [0.15, 0.2) is 5.78 Å². The van der Waals surface area contributed by atoms with E-state index in [1.165, 1.54) is 18.5 Å². The van der Waals surface area contributed by atoms with Gasteiger partial charge in [0.1, 0.15) is 6.20 Å². The van der Waals surface area contributed by atoms with Crippen molar-refractivity contribution in [2.24, 2.45) is 0 Å². The number of nitro groups is 1. The average Bonchev–Trinajstić information content (AvgIpc) is 2.29. The van der Waals surface area contributed by atoms with Gasteiger partial charge in [0.25, 0.3) is 5.69 Å². The van der Waals surface area contributed by atoms with Gasteiger partial charge >= 0.3 is 0 Å². The van der Waals surface area contributed by atoms with E-state index in [0.29, 0.717) is 17.6 Å². The van der Waals surface area contributed by atoms with Gasteiger partial charge in [-0.25, -0.2) is 0 Å². The molecule has 1 aliphatic rings. The molecule has 0 aromatic carbocycles. The summed E-state index contributed by atoms with van der Waals surface area (Å²) in [5, 5.41) is 10.8. The summed E-state index contributed by atoms with van der Waals surface area (Å²) in [4.78, 5) is 25.7. The van der Waals surface area contributed by atoms with Crippen molar-refractivity contribution in [3.05, 3.63) is 40.2 Å². The summed E-state index contributed by atoms with van der Waals surface area (Å²) < 4.78 is 0. The van der Waals surface area contributed by atoms with Crippen LogP contribution in [0.4, 0.5) is 5.69 Å². The van der Waals surface area contributed by atoms with Gasteiger partial charge in [0, 0.05) is 18.2 Å². The van der Waals surface area contributed by atoms with Gasteiger partial charge < -0.3 is 0 Å². The van der Waals surface area contributed by atoms with Crippen molar-refractivity contribution in [2.75, 3.05) is 0 Å². The second-order valence-electron chi connectivity index (χ2n) is 3.58. The quantitative estimate of drug-likeness (QED) is 0.563. The Bertz CT molecular complexity index is 480. The van der Waals surface area contributed by atoms with E-state index in [1.807, 2.05) is 0 Å². The molecule has 0 spiro atoms. The second-order valence-corrected chi connectivity index (χ2v) is 3.58. The Labute approximate surface area is 92.0 Å². The molecule has 1 heterocycles. The molecule has 0 saturated heterocycles. The zero-order valence-electron chi connectivity index (χ0n) is 8.55. The van der Waals surface area contributed by atoms with E-state index in [-0.39, 0.29) is 11.5 Å². The van der Waals surface area contributed by atoms with Crippen LogP contribution in [-0.4, -0.2) is 15.7 Å². The number of allylic oxidation sites excluding steroid dienone is 2. The van der Waals surface area contributed by atoms with E-state index >= 15 is 0 Å². The lowest BCUT2D eigenvalue weighted by atomic mass is 9.92. The highest BCUT2D eigenvalue weighted by Crippen LogP contribution is 2.29. The zero-order valence-corrected chi connectivity index (χ0v) is 8.55. The Kier molecular flexibility index (Phi) is 2.76. The second kappa shape index (κ2) is 4.22. The molecule has 16 heavy (non-hydrogen) atoms. The molecule has 1 aliphatic carbocycles. The largest absolute Gasteiger partial charge is 0.295 e. The number of aromatic nitrogens is 1. The van der Waals surface area contributed by atoms with E-state index in [2.05, 4.69) is 4.98 Å². The maximum absolute atomic E-state index is 11.7. The van der Waals surface area contributed by atoms with Crippen LogP contribution in [0.3, 0.4) is 0 Å². The fourth-order valence-electron chi connectivity index (χ4n) is 1.78. The first-order valence-corrected chi connectivity index (χ1v) is 5.02. The number of ketones is 1. The Morgan fingerprint density at radius 2 is 2.25 bits per heavy atom. The number of carbonyl (C=O) groups excluding carboxylic acids is 1. The first-order chi connectivity index (χ1) is 7.70. The van der Waals surface area contributed by atoms with Gasteiger partial charge in [-0.3, -0.25) is 19.9 Å². The molecule has 0 fully saturated rings. The number of pyridine rings is 1. The highest BCUT2D eigenvalue weighted by atomic mass is 16.6. The van der Waals surface area contributed by atoms with Crippen molar-refractivity contribution < 1.29 is 9.72 Å². The lowest BCUT2D eigenvalue weighted by Gasteiger charge is -2.11. The normalized spacial score (nSPS) is 15.8. The predicted octanol–water partition coefficient (Wildman–Crippen LogP) is 2.13. The molecule has 82 valence electrons. The van der Waals surface area contributed by atoms with E-state index in [9.17, 15) is 14.9 Å². The summed E-state index contributed by atoms with van der Waals surface area (Å²) >= 11 is 0. The van der Waals surface area contributed by atoms with Crippen molar-refractivity contribution in [1.82, 2.24) is 4.98 Å². The summed E-state index contributed by atoms with van der Waals surface area (Å²) in [5.41, 5.74) is 0.731. The standard InChI is InChI=1S/C11H10N2O3/c14-11-4-2-1-3-9(11)8-5-6-12-7-10(8)13(15)16/h3,5-7H,1-2,4H2. The minimum absolute atomic E-state index is 0.0273. The van der Waals surface area contributed by atoms with Crippen molar-refractivity contribution in [3.8, 4) is 0 Å². The van der Waals surface area contributed by atoms with Gasteiger partial charge in [-0.05, 0) is 18.9 Å². The third-order valence-electron chi connectivity index (χ3n) is 2.54. The number of carbonyl (C=O) groups is 1. The van der Waals surface area contributed by atoms with Crippen molar-refractivity contribution in [1.29, 1.82) is 0 Å². The molecule has 0 bridgehead atoms. The monoisotopic (exact) mass is 218 g/mol. The van der Waals surface area contributed by atoms with Crippen LogP contribution in [0.25, 0.3) is 5.57 Å². The van der Waals surface area contributed by atoms with Crippen LogP contribution in [0, 0.1) is 10.1 Å². The van der Waals surface area contributed by atoms with Gasteiger partial charge in [0.05, 0.1) is 10.5 Å². The summed E-state index contributed by atoms with van der Waals surface area (Å²) in [6, 6.07) is 1.52. The Morgan fingerprint density at radius 3 is 2.94 bits per heavy atom. The van der Waals surface area contributed by atoms with Crippen LogP contribution in [0.15, 0.2) is 24.5 Å². The van der Waals surface area contributed by atoms with Gasteiger partial charge in [-0.2, -0.15) is 0 Å². The number of Topliss-reactive ketones (excluding diaryl/α,β-unsaturated/α-hetero) is 1. The molecule has 0 N–H and O–H groups in total. The van der Waals surface area contributed by atoms with Crippen LogP contribution >= 0.6 is 0 Å². The lowest BCUT2D eigenvalue weighted by molar-refractivity contribution is -0.385. The molecule has 1 aromatic rings. The minimum Gasteiger partial charge on any atom is -0.294 e. The summed E-state index contributed by atoms with van der Waals surface area (Å²) in [6.45, 7) is 0. The summed E-state index contributed by atoms with van der Waals surface area (Å²) in [6.07, 6.45) is 6.49. The molecule has 5 heteroatoms. The number of hydrogen-bond donors (Lipinski definition) is 0. The third kappa shape index (κ3) is 1.84. The van der Waals surface area contributed by atoms with Crippen LogP contribution in [0.5, 0.6) is 0 Å². The number of nitrogens with zero attached hydrogens (tertiary/aromatic N) is 2. The first kappa shape index (κ1) is 10.5. The van der Waals surface area contributed by atoms with E-state index in [4.69, 9.17) is 0 Å². The fourth-order valence-corrected chi connectivity index (χ4v) is 1.78. The van der Waals surface area contributed by atoms with Crippen LogP contribution in [-0.2, 0) is 4.79 Å². The van der Waals surface area contributed by atoms with Crippen molar-refractivity contribution in [2.45, 2.75) is 19.3 Å². The molecule has 0 radical (unpaired) electrons. The zero-order chi connectivity index (χ0) is 11.5. The molecule has 0 aliphatic heterocycles. The maximum Gasteiger partial charge on any atom is 0.295 e. The minimum atomic E-state index is -0.509. The molecule has 5 nitrogen and oxygen atoms in total. The smallest absolute Gasteiger partial charge is 0.294 e. The van der Waals surface area contributed by atoms with Gasteiger partial charge in [0.2, 0.25) is 0 Å². The number of rotatable bonds is 2. The van der Waals surface area contributed by atoms with Crippen LogP contribution < -0.4 is 0 Å². The van der Waals surface area contributed by atoms with Gasteiger partial charge in [-0.1, -0.05) is 6.08 Å². The third-order valence-corrected chi connectivity index (χ3v) is 2.54. The summed E-state index contributed by atoms with van der Waals surface area (Å²) in [7, 11) is 0. The topological polar surface area (TPSA) is 73.1 Å². The lowest BCUT2D eigenvalue weighted by Crippen LogP contribution is -2.08. The summed E-state index contributed by atoms with van der Waals surface area (Å²) in [5.74, 6) is -0.0273. The van der Waals surface area contributed by atoms with E-state index in [0.717, 1.165) is 12.8 Å². The maximum atomic E-state index is 11.7. The first-order valence-electron chi connectivity index (χ1n) is 5.02. The molecule has 0 unspecified atom stereocenters. The van der Waals surface area contributed by atoms with Crippen molar-refractivity contribution in [3.63, 3.8) is 0 Å². The molecule has 0 amide bonds. The van der Waals surface area contributed by atoms with Crippen LogP contribution in [0.2, 0.25) is 0 Å². The average molecular weight is 218 g/mol. The van der Waals surface area contributed by atoms with Crippen molar-refractivity contribution >= 4 is 17.0 Å². The van der Waals surface area contributed by atoms with Gasteiger partial charge in [-0.15, -0.1) is 0 Å². The Balaban J connectivity index is 2.51. The SMILES string of the molecule is O=C1CCCC=C1c1ccncc1[N+](=O)[O-]. The Hall–Kier alpha value is -2.04. The predicted molar refractivity (Wildman–Crippen MR) is 57.7 cm³/mol. The molecule has 0 saturated carbocycles. The molecule has 0 atom stereocenters. The molecular weight excluding hydrogens is 208 g/mol. The number of hydrogen-bond acceptors (Lipinski definition) is 4. The Morgan fingerprint density at radius 1 is 1.44 bits per heavy atom. The molecule has 1 aromatic heterocycles. The highest BCUT2D eigenvalue weighted by Gasteiger charge is 2.23. The van der Waals surface area contributed by atoms with Crippen LogP contribution in [0.1, 0.15) is 24.8 Å².